The lowest BCUT2D eigenvalue weighted by atomic mass is 9.84. The highest BCUT2D eigenvalue weighted by atomic mass is 16.4. The van der Waals surface area contributed by atoms with Crippen molar-refractivity contribution in [1.82, 2.24) is 5.32 Å². The molecule has 1 fully saturated rings. The van der Waals surface area contributed by atoms with Crippen molar-refractivity contribution in [2.75, 3.05) is 0 Å². The van der Waals surface area contributed by atoms with Crippen molar-refractivity contribution in [1.29, 1.82) is 0 Å². The van der Waals surface area contributed by atoms with E-state index in [9.17, 15) is 14.7 Å². The Kier molecular flexibility index (Phi) is 3.84. The van der Waals surface area contributed by atoms with Gasteiger partial charge in [-0.15, -0.1) is 0 Å². The largest absolute Gasteiger partial charge is 0.481 e. The Morgan fingerprint density at radius 2 is 2.05 bits per heavy atom. The molecule has 0 saturated heterocycles. The third kappa shape index (κ3) is 2.55. The molecule has 0 aromatic heterocycles. The van der Waals surface area contributed by atoms with Crippen molar-refractivity contribution < 1.29 is 14.7 Å². The molecular weight excluding hydrogens is 254 g/mol. The first-order chi connectivity index (χ1) is 9.34. The van der Waals surface area contributed by atoms with Crippen molar-refractivity contribution in [3.05, 3.63) is 34.9 Å². The van der Waals surface area contributed by atoms with E-state index in [-0.39, 0.29) is 11.9 Å². The summed E-state index contributed by atoms with van der Waals surface area (Å²) in [7, 11) is 0. The molecule has 4 nitrogen and oxygen atoms in total. The molecule has 0 spiro atoms. The Balaban J connectivity index is 2.17. The van der Waals surface area contributed by atoms with E-state index in [0.717, 1.165) is 24.0 Å². The summed E-state index contributed by atoms with van der Waals surface area (Å²) in [6.07, 6.45) is 2.17. The molecule has 108 valence electrons. The molecule has 1 aromatic carbocycles. The quantitative estimate of drug-likeness (QED) is 0.891. The van der Waals surface area contributed by atoms with Gasteiger partial charge in [-0.2, -0.15) is 0 Å². The van der Waals surface area contributed by atoms with E-state index in [2.05, 4.69) is 5.32 Å². The van der Waals surface area contributed by atoms with Gasteiger partial charge in [0.1, 0.15) is 0 Å². The molecule has 2 rings (SSSR count). The third-order valence-electron chi connectivity index (χ3n) is 4.38. The van der Waals surface area contributed by atoms with Gasteiger partial charge >= 0.3 is 5.97 Å². The van der Waals surface area contributed by atoms with Crippen LogP contribution >= 0.6 is 0 Å². The van der Waals surface area contributed by atoms with Crippen LogP contribution in [0.5, 0.6) is 0 Å². The Hall–Kier alpha value is -1.84. The molecule has 0 aliphatic heterocycles. The Labute approximate surface area is 119 Å². The second-order valence-electron chi connectivity index (χ2n) is 5.96. The average molecular weight is 275 g/mol. The number of rotatable bonds is 3. The van der Waals surface area contributed by atoms with Gasteiger partial charge in [0, 0.05) is 11.6 Å². The van der Waals surface area contributed by atoms with Gasteiger partial charge in [-0.25, -0.2) is 0 Å². The van der Waals surface area contributed by atoms with E-state index < -0.39 is 11.4 Å². The van der Waals surface area contributed by atoms with Gasteiger partial charge in [0.05, 0.1) is 5.41 Å². The van der Waals surface area contributed by atoms with E-state index >= 15 is 0 Å². The summed E-state index contributed by atoms with van der Waals surface area (Å²) in [6, 6.07) is 5.35. The molecule has 20 heavy (non-hydrogen) atoms. The summed E-state index contributed by atoms with van der Waals surface area (Å²) in [5, 5.41) is 12.3. The summed E-state index contributed by atoms with van der Waals surface area (Å²) in [5.74, 6) is -1.01. The Morgan fingerprint density at radius 3 is 2.65 bits per heavy atom. The molecule has 1 aliphatic rings. The van der Waals surface area contributed by atoms with Gasteiger partial charge in [-0.1, -0.05) is 24.1 Å². The van der Waals surface area contributed by atoms with Crippen molar-refractivity contribution in [2.24, 2.45) is 5.41 Å². The summed E-state index contributed by atoms with van der Waals surface area (Å²) in [5.41, 5.74) is 1.79. The number of aliphatic carboxylic acids is 1. The lowest BCUT2D eigenvalue weighted by Gasteiger charge is -2.28. The molecular formula is C16H21NO3. The van der Waals surface area contributed by atoms with E-state index in [4.69, 9.17) is 0 Å². The average Bonchev–Trinajstić information content (AvgIpc) is 2.72. The van der Waals surface area contributed by atoms with E-state index in [1.54, 1.807) is 13.0 Å². The topological polar surface area (TPSA) is 66.4 Å². The maximum atomic E-state index is 12.3. The number of carboxylic acids is 1. The molecule has 0 heterocycles. The number of hydrogen-bond donors (Lipinski definition) is 2. The molecule has 2 unspecified atom stereocenters. The van der Waals surface area contributed by atoms with Gasteiger partial charge in [0.25, 0.3) is 5.91 Å². The number of carbonyl (C=O) groups excluding carboxylic acids is 1. The Morgan fingerprint density at radius 1 is 1.35 bits per heavy atom. The highest BCUT2D eigenvalue weighted by Crippen LogP contribution is 2.38. The van der Waals surface area contributed by atoms with Crippen LogP contribution in [0, 0.1) is 19.3 Å². The van der Waals surface area contributed by atoms with E-state index in [0.29, 0.717) is 12.0 Å². The first-order valence-corrected chi connectivity index (χ1v) is 6.96. The highest BCUT2D eigenvalue weighted by molar-refractivity contribution is 5.96. The molecule has 1 aromatic rings. The van der Waals surface area contributed by atoms with Crippen LogP contribution in [0.4, 0.5) is 0 Å². The zero-order valence-corrected chi connectivity index (χ0v) is 12.2. The minimum atomic E-state index is -0.853. The molecule has 1 amide bonds. The molecule has 0 bridgehead atoms. The predicted octanol–water partition coefficient (Wildman–Crippen LogP) is 2.68. The van der Waals surface area contributed by atoms with Crippen molar-refractivity contribution in [2.45, 2.75) is 46.1 Å². The van der Waals surface area contributed by atoms with Crippen molar-refractivity contribution >= 4 is 11.9 Å². The van der Waals surface area contributed by atoms with Crippen molar-refractivity contribution in [3.8, 4) is 0 Å². The highest BCUT2D eigenvalue weighted by Gasteiger charge is 2.45. The van der Waals surface area contributed by atoms with Gasteiger partial charge in [-0.05, 0) is 45.2 Å². The summed E-state index contributed by atoms with van der Waals surface area (Å²) < 4.78 is 0. The third-order valence-corrected chi connectivity index (χ3v) is 4.38. The summed E-state index contributed by atoms with van der Waals surface area (Å²) in [6.45, 7) is 5.59. The number of carboxylic acid groups (broad SMARTS) is 1. The zero-order chi connectivity index (χ0) is 14.9. The molecule has 1 aliphatic carbocycles. The van der Waals surface area contributed by atoms with Gasteiger partial charge in [0.15, 0.2) is 0 Å². The smallest absolute Gasteiger partial charge is 0.311 e. The summed E-state index contributed by atoms with van der Waals surface area (Å²) >= 11 is 0. The predicted molar refractivity (Wildman–Crippen MR) is 76.8 cm³/mol. The van der Waals surface area contributed by atoms with Crippen LogP contribution in [0.2, 0.25) is 0 Å². The maximum Gasteiger partial charge on any atom is 0.311 e. The number of aryl methyl sites for hydroxylation is 2. The van der Waals surface area contributed by atoms with Crippen LogP contribution in [0.15, 0.2) is 18.2 Å². The first kappa shape index (κ1) is 14.6. The van der Waals surface area contributed by atoms with Crippen LogP contribution in [-0.2, 0) is 4.79 Å². The number of amides is 1. The second kappa shape index (κ2) is 5.27. The molecule has 2 atom stereocenters. The number of hydrogen-bond acceptors (Lipinski definition) is 2. The molecule has 1 saturated carbocycles. The van der Waals surface area contributed by atoms with Gasteiger partial charge in [-0.3, -0.25) is 9.59 Å². The van der Waals surface area contributed by atoms with E-state index in [1.807, 2.05) is 26.0 Å². The second-order valence-corrected chi connectivity index (χ2v) is 5.96. The Bertz CT molecular complexity index is 553. The number of benzene rings is 1. The summed E-state index contributed by atoms with van der Waals surface area (Å²) in [4.78, 5) is 23.8. The maximum absolute atomic E-state index is 12.3. The fraction of sp³-hybridized carbons (Fsp3) is 0.500. The van der Waals surface area contributed by atoms with Crippen molar-refractivity contribution in [3.63, 3.8) is 0 Å². The van der Waals surface area contributed by atoms with Crippen LogP contribution < -0.4 is 5.32 Å². The SMILES string of the molecule is Cc1ccc(C(=O)NC2CCCC2(C)C(=O)O)c(C)c1. The number of carbonyl (C=O) groups is 2. The number of nitrogens with one attached hydrogen (secondary N) is 1. The monoisotopic (exact) mass is 275 g/mol. The lowest BCUT2D eigenvalue weighted by Crippen LogP contribution is -2.47. The first-order valence-electron chi connectivity index (χ1n) is 6.96. The van der Waals surface area contributed by atoms with Crippen LogP contribution in [0.1, 0.15) is 47.7 Å². The van der Waals surface area contributed by atoms with Gasteiger partial charge < -0.3 is 10.4 Å². The van der Waals surface area contributed by atoms with Crippen LogP contribution in [0.25, 0.3) is 0 Å². The minimum Gasteiger partial charge on any atom is -0.481 e. The standard InChI is InChI=1S/C16H21NO3/c1-10-6-7-12(11(2)9-10)14(18)17-13-5-4-8-16(13,3)15(19)20/h6-7,9,13H,4-5,8H2,1-3H3,(H,17,18)(H,19,20). The van der Waals surface area contributed by atoms with E-state index in [1.165, 1.54) is 0 Å². The molecule has 2 N–H and O–H groups in total. The fourth-order valence-corrected chi connectivity index (χ4v) is 2.96. The molecule has 4 heteroatoms. The normalized spacial score (nSPS) is 25.4. The van der Waals surface area contributed by atoms with Gasteiger partial charge in [0.2, 0.25) is 0 Å². The van der Waals surface area contributed by atoms with Crippen LogP contribution in [0.3, 0.4) is 0 Å². The van der Waals surface area contributed by atoms with Crippen LogP contribution in [-0.4, -0.2) is 23.0 Å². The lowest BCUT2D eigenvalue weighted by molar-refractivity contribution is -0.148. The molecule has 0 radical (unpaired) electrons. The minimum absolute atomic E-state index is 0.179. The zero-order valence-electron chi connectivity index (χ0n) is 12.2. The fourth-order valence-electron chi connectivity index (χ4n) is 2.96.